The number of aliphatic hydroxyl groups is 1. The first kappa shape index (κ1) is 157. The lowest BCUT2D eigenvalue weighted by molar-refractivity contribution is 0.399. The number of rotatable bonds is 0. The summed E-state index contributed by atoms with van der Waals surface area (Å²) in [6.07, 6.45) is 0. The van der Waals surface area contributed by atoms with E-state index in [2.05, 4.69) is 0 Å². The molecule has 0 heterocycles. The van der Waals surface area contributed by atoms with Crippen molar-refractivity contribution in [1.82, 2.24) is 0 Å². The Labute approximate surface area is 779 Å². The normalized spacial score (nSPS) is 8.85. The highest BCUT2D eigenvalue weighted by Gasteiger charge is 1.85. The van der Waals surface area contributed by atoms with Gasteiger partial charge in [-0.15, -0.1) is 0 Å². The molecular formula is C21H24Cl60O. The van der Waals surface area contributed by atoms with E-state index in [1.54, 1.807) is 0 Å². The molecule has 0 saturated carbocycles. The standard InChI is InChI=1S/20CHCl3.CH4O/c20*2-1(3)4;1-2/h20*1H;2H,1H3. The van der Waals surface area contributed by atoms with Gasteiger partial charge in [0.15, 0.2) is 85.9 Å². The maximum Gasteiger partial charge on any atom is 0.180 e. The third-order valence-electron chi connectivity index (χ3n) is 0. The maximum absolute atomic E-state index is 7.00. The van der Waals surface area contributed by atoms with Crippen LogP contribution in [0.1, 0.15) is 0 Å². The van der Waals surface area contributed by atoms with E-state index in [1.165, 1.54) is 0 Å². The topological polar surface area (TPSA) is 20.2 Å². The van der Waals surface area contributed by atoms with Crippen LogP contribution in [0.5, 0.6) is 0 Å². The molecule has 0 unspecified atom stereocenters. The van der Waals surface area contributed by atoms with E-state index in [1.807, 2.05) is 0 Å². The van der Waals surface area contributed by atoms with Crippen LogP contribution in [-0.2, 0) is 0 Å². The van der Waals surface area contributed by atoms with Gasteiger partial charge in [0.05, 0.1) is 0 Å². The zero-order valence-corrected chi connectivity index (χ0v) is 81.0. The second-order valence-electron chi connectivity index (χ2n) is 4.95. The molecule has 0 fully saturated rings. The molecule has 0 spiro atoms. The molecule has 0 atom stereocenters. The molecule has 82 heavy (non-hydrogen) atoms. The van der Waals surface area contributed by atoms with E-state index in [-0.39, 0.29) is 0 Å². The van der Waals surface area contributed by atoms with Crippen LogP contribution in [0.4, 0.5) is 0 Å². The molecule has 0 radical (unpaired) electrons. The molecule has 0 aliphatic carbocycles. The molecule has 0 aromatic heterocycles. The molecule has 1 N–H and O–H groups in total. The number of aliphatic hydroxyl groups excluding tert-OH is 1. The van der Waals surface area contributed by atoms with E-state index in [9.17, 15) is 0 Å². The Morgan fingerprint density at radius 3 is 0.0854 bits per heavy atom. The summed E-state index contributed by atoms with van der Waals surface area (Å²) in [6.45, 7) is 0. The zero-order chi connectivity index (χ0) is 73.5. The average Bonchev–Trinajstić information content (AvgIpc) is 3.04. The van der Waals surface area contributed by atoms with Crippen molar-refractivity contribution in [1.29, 1.82) is 0 Å². The van der Waals surface area contributed by atoms with Crippen LogP contribution in [0, 0.1) is 0 Å². The average molecular weight is 2420 g/mol. The Hall–Kier alpha value is 17.4. The van der Waals surface area contributed by atoms with E-state index in [0.29, 0.717) is 0 Å². The summed E-state index contributed by atoms with van der Waals surface area (Å²) in [7, 11) is 1.00. The fourth-order valence-corrected chi connectivity index (χ4v) is 0. The first-order valence-electron chi connectivity index (χ1n) is 13.5. The fourth-order valence-electron chi connectivity index (χ4n) is 0. The van der Waals surface area contributed by atoms with Gasteiger partial charge in [-0.1, -0.05) is 696 Å². The van der Waals surface area contributed by atoms with Crippen LogP contribution >= 0.6 is 696 Å². The minimum atomic E-state index is -0.750. The molecule has 0 aromatic rings. The number of hydrogen-bond acceptors (Lipinski definition) is 1. The third kappa shape index (κ3) is 3000. The smallest absolute Gasteiger partial charge is 0.180 e. The van der Waals surface area contributed by atoms with Gasteiger partial charge in [0.2, 0.25) is 0 Å². The van der Waals surface area contributed by atoms with E-state index >= 15 is 0 Å². The van der Waals surface area contributed by atoms with Crippen molar-refractivity contribution in [3.05, 3.63) is 0 Å². The van der Waals surface area contributed by atoms with Gasteiger partial charge in [0.25, 0.3) is 0 Å². The molecule has 0 amide bonds. The first-order chi connectivity index (χ1) is 35.6. The quantitative estimate of drug-likeness (QED) is 0.240. The predicted octanol–water partition coefficient (Wildman–Crippen LogP) is 39.3. The molecular weight excluding hydrogens is 2400 g/mol. The van der Waals surface area contributed by atoms with Crippen LogP contribution in [0.2, 0.25) is 0 Å². The predicted molar refractivity (Wildman–Crippen MR) is 435 cm³/mol. The van der Waals surface area contributed by atoms with Crippen LogP contribution in [0.15, 0.2) is 0 Å². The molecule has 1 nitrogen and oxygen atoms in total. The van der Waals surface area contributed by atoms with Gasteiger partial charge in [0.1, 0.15) is 0 Å². The summed E-state index contributed by atoms with van der Waals surface area (Å²) in [6, 6.07) is 0. The third-order valence-corrected chi connectivity index (χ3v) is 0. The van der Waals surface area contributed by atoms with Crippen molar-refractivity contribution in [2.24, 2.45) is 0 Å². The van der Waals surface area contributed by atoms with E-state index in [4.69, 9.17) is 701 Å². The molecule has 534 valence electrons. The van der Waals surface area contributed by atoms with E-state index < -0.39 is 85.9 Å². The Balaban J connectivity index is -0.0000000251. The van der Waals surface area contributed by atoms with Gasteiger partial charge in [-0.2, -0.15) is 0 Å². The van der Waals surface area contributed by atoms with Crippen molar-refractivity contribution in [2.45, 2.75) is 85.9 Å². The maximum atomic E-state index is 7.00. The van der Waals surface area contributed by atoms with Crippen LogP contribution in [0.3, 0.4) is 0 Å². The second-order valence-corrected chi connectivity index (χ2v) is 44.5. The summed E-state index contributed by atoms with van der Waals surface area (Å²) in [5.41, 5.74) is 0. The van der Waals surface area contributed by atoms with Crippen LogP contribution in [-0.4, -0.2) is 98.1 Å². The Morgan fingerprint density at radius 1 is 0.0854 bits per heavy atom. The van der Waals surface area contributed by atoms with Gasteiger partial charge in [-0.3, -0.25) is 0 Å². The summed E-state index contributed by atoms with van der Waals surface area (Å²) < 4.78 is -15.0. The van der Waals surface area contributed by atoms with Gasteiger partial charge in [0, 0.05) is 7.11 Å². The summed E-state index contributed by atoms with van der Waals surface area (Å²) in [5, 5.41) is 7.00. The van der Waals surface area contributed by atoms with Gasteiger partial charge >= 0.3 is 0 Å². The number of halogens is 60. The first-order valence-corrected chi connectivity index (χ1v) is 39.7. The largest absolute Gasteiger partial charge is 0.400 e. The van der Waals surface area contributed by atoms with Crippen molar-refractivity contribution in [2.75, 3.05) is 7.11 Å². The molecule has 61 heteroatoms. The highest BCUT2D eigenvalue weighted by Crippen LogP contribution is 2.11. The number of alkyl halides is 60. The Morgan fingerprint density at radius 2 is 0.0854 bits per heavy atom. The van der Waals surface area contributed by atoms with Crippen LogP contribution < -0.4 is 0 Å². The Kier molecular flexibility index (Phi) is 297. The van der Waals surface area contributed by atoms with Crippen LogP contribution in [0.25, 0.3) is 0 Å². The molecule has 0 aromatic carbocycles. The monoisotopic (exact) mass is 2390 g/mol. The number of hydrogen-bond donors (Lipinski definition) is 1. The molecule has 0 aliphatic heterocycles. The lowest BCUT2D eigenvalue weighted by Crippen LogP contribution is -1.55. The fraction of sp³-hybridized carbons (Fsp3) is 1.00. The highest BCUT2D eigenvalue weighted by atomic mass is 35.6. The SMILES string of the molecule is CO.ClC(Cl)Cl.ClC(Cl)Cl.ClC(Cl)Cl.ClC(Cl)Cl.ClC(Cl)Cl.ClC(Cl)Cl.ClC(Cl)Cl.ClC(Cl)Cl.ClC(Cl)Cl.ClC(Cl)Cl.ClC(Cl)Cl.ClC(Cl)Cl.ClC(Cl)Cl.ClC(Cl)Cl.ClC(Cl)Cl.ClC(Cl)Cl.ClC(Cl)Cl.ClC(Cl)Cl.ClC(Cl)Cl.ClC(Cl)Cl. The van der Waals surface area contributed by atoms with Gasteiger partial charge in [-0.25, -0.2) is 0 Å². The van der Waals surface area contributed by atoms with Crippen molar-refractivity contribution in [3.8, 4) is 0 Å². The summed E-state index contributed by atoms with van der Waals surface area (Å²) in [4.78, 5) is 0. The van der Waals surface area contributed by atoms with Crippen molar-refractivity contribution < 1.29 is 5.11 Å². The lowest BCUT2D eigenvalue weighted by atomic mass is 11.8. The minimum absolute atomic E-state index is 0.750. The zero-order valence-electron chi connectivity index (χ0n) is 35.7. The van der Waals surface area contributed by atoms with Crippen molar-refractivity contribution in [3.63, 3.8) is 0 Å². The molecule has 0 saturated heterocycles. The second kappa shape index (κ2) is 156. The highest BCUT2D eigenvalue weighted by molar-refractivity contribution is 6.70. The van der Waals surface area contributed by atoms with E-state index in [0.717, 1.165) is 7.11 Å². The summed E-state index contributed by atoms with van der Waals surface area (Å²) in [5.74, 6) is 0. The van der Waals surface area contributed by atoms with Gasteiger partial charge in [-0.05, 0) is 0 Å². The Bertz CT molecular complexity index is 429. The summed E-state index contributed by atoms with van der Waals surface area (Å²) >= 11 is 288. The van der Waals surface area contributed by atoms with Crippen molar-refractivity contribution >= 4 is 696 Å². The molecule has 0 bridgehead atoms. The lowest BCUT2D eigenvalue weighted by Gasteiger charge is -1.69. The molecule has 0 rings (SSSR count). The van der Waals surface area contributed by atoms with Gasteiger partial charge < -0.3 is 5.11 Å². The molecule has 0 aliphatic rings. The minimum Gasteiger partial charge on any atom is -0.400 e.